The average Bonchev–Trinajstić information content (AvgIpc) is 3.61. The largest absolute Gasteiger partial charge is 0.366 e. The van der Waals surface area contributed by atoms with Crippen LogP contribution in [0.25, 0.3) is 11.3 Å². The summed E-state index contributed by atoms with van der Waals surface area (Å²) in [5.41, 5.74) is 2.29. The summed E-state index contributed by atoms with van der Waals surface area (Å²) in [6, 6.07) is 6.57. The SMILES string of the molecule is [2H]C([2H])([2H])NC(=O)c1nnc(NC(=O)C2CC2)cc1Nc1cccc2c1N(C)Cc1c-2nc(C)n1C(F)F. The molecule has 10 nitrogen and oxygen atoms in total. The van der Waals surface area contributed by atoms with Gasteiger partial charge in [0.05, 0.1) is 35.0 Å². The summed E-state index contributed by atoms with van der Waals surface area (Å²) in [6.07, 6.45) is 1.55. The maximum Gasteiger partial charge on any atom is 0.320 e. The fourth-order valence-corrected chi connectivity index (χ4v) is 4.26. The molecule has 1 saturated carbocycles. The van der Waals surface area contributed by atoms with Gasteiger partial charge in [0.25, 0.3) is 5.91 Å². The van der Waals surface area contributed by atoms with Crippen molar-refractivity contribution >= 4 is 34.7 Å². The zero-order chi connectivity index (χ0) is 27.4. The number of benzene rings is 1. The number of fused-ring (bicyclic) bond motifs is 3. The van der Waals surface area contributed by atoms with Crippen molar-refractivity contribution in [3.8, 4) is 11.3 Å². The molecule has 1 aliphatic heterocycles. The number of carbonyl (C=O) groups is 2. The summed E-state index contributed by atoms with van der Waals surface area (Å²) in [5, 5.41) is 15.4. The lowest BCUT2D eigenvalue weighted by atomic mass is 10.0. The Hall–Kier alpha value is -4.09. The predicted molar refractivity (Wildman–Crippen MR) is 126 cm³/mol. The molecular weight excluding hydrogens is 458 g/mol. The van der Waals surface area contributed by atoms with Crippen LogP contribution in [0.3, 0.4) is 0 Å². The molecule has 12 heteroatoms. The molecule has 5 rings (SSSR count). The van der Waals surface area contributed by atoms with E-state index in [0.717, 1.165) is 17.4 Å². The molecule has 1 aromatic carbocycles. The maximum absolute atomic E-state index is 13.7. The van der Waals surface area contributed by atoms with Crippen LogP contribution in [-0.4, -0.2) is 45.6 Å². The molecule has 0 unspecified atom stereocenters. The van der Waals surface area contributed by atoms with E-state index >= 15 is 0 Å². The van der Waals surface area contributed by atoms with Gasteiger partial charge in [-0.15, -0.1) is 10.2 Å². The van der Waals surface area contributed by atoms with Crippen molar-refractivity contribution < 1.29 is 22.5 Å². The van der Waals surface area contributed by atoms with Crippen LogP contribution in [0.1, 0.15) is 45.5 Å². The van der Waals surface area contributed by atoms with Crippen LogP contribution < -0.4 is 20.9 Å². The van der Waals surface area contributed by atoms with E-state index in [1.807, 2.05) is 5.32 Å². The second-order valence-corrected chi connectivity index (χ2v) is 8.49. The lowest BCUT2D eigenvalue weighted by Gasteiger charge is -2.30. The Morgan fingerprint density at radius 1 is 1.23 bits per heavy atom. The molecule has 3 aromatic rings. The Labute approximate surface area is 204 Å². The molecule has 2 amide bonds. The summed E-state index contributed by atoms with van der Waals surface area (Å²) in [5.74, 6) is -1.05. The van der Waals surface area contributed by atoms with Crippen LogP contribution in [0.5, 0.6) is 0 Å². The van der Waals surface area contributed by atoms with Gasteiger partial charge in [-0.05, 0) is 25.8 Å². The number of hydrogen-bond donors (Lipinski definition) is 3. The van der Waals surface area contributed by atoms with Gasteiger partial charge in [-0.3, -0.25) is 14.2 Å². The molecule has 0 radical (unpaired) electrons. The average molecular weight is 486 g/mol. The topological polar surface area (TPSA) is 117 Å². The zero-order valence-electron chi connectivity index (χ0n) is 21.9. The fraction of sp³-hybridized carbons (Fsp3) is 0.348. The zero-order valence-corrected chi connectivity index (χ0v) is 18.9. The third kappa shape index (κ3) is 4.04. The van der Waals surface area contributed by atoms with E-state index in [0.29, 0.717) is 28.3 Å². The fourth-order valence-electron chi connectivity index (χ4n) is 4.26. The number of hydrogen-bond acceptors (Lipinski definition) is 7. The van der Waals surface area contributed by atoms with Crippen LogP contribution in [0.2, 0.25) is 0 Å². The number of aromatic nitrogens is 4. The van der Waals surface area contributed by atoms with Crippen molar-refractivity contribution in [1.29, 1.82) is 0 Å². The quantitative estimate of drug-likeness (QED) is 0.490. The predicted octanol–water partition coefficient (Wildman–Crippen LogP) is 3.45. The minimum Gasteiger partial charge on any atom is -0.366 e. The molecule has 182 valence electrons. The smallest absolute Gasteiger partial charge is 0.320 e. The number of aryl methyl sites for hydroxylation is 1. The molecule has 1 fully saturated rings. The molecule has 35 heavy (non-hydrogen) atoms. The molecule has 3 N–H and O–H groups in total. The van der Waals surface area contributed by atoms with Gasteiger partial charge in [-0.25, -0.2) is 4.98 Å². The first-order valence-electron chi connectivity index (χ1n) is 12.4. The number of nitrogens with zero attached hydrogens (tertiary/aromatic N) is 5. The number of rotatable bonds is 6. The van der Waals surface area contributed by atoms with Gasteiger partial charge in [-0.1, -0.05) is 12.1 Å². The Balaban J connectivity index is 1.56. The minimum atomic E-state index is -2.77. The molecule has 0 spiro atoms. The standard InChI is InChI=1S/C23H24F2N8O2/c1-11-27-18-13-5-4-6-14(20(13)32(3)10-16(18)33(11)23(24)25)28-15-9-17(29-21(34)12-7-8-12)30-31-19(15)22(35)26-2/h4-6,9,12,23H,7-8,10H2,1-3H3,(H,26,35)(H2,28,29,30,34)/i2D3. The number of anilines is 4. The molecule has 0 atom stereocenters. The minimum absolute atomic E-state index is 0.0848. The van der Waals surface area contributed by atoms with Crippen molar-refractivity contribution in [2.75, 3.05) is 29.6 Å². The molecule has 1 aliphatic carbocycles. The van der Waals surface area contributed by atoms with Crippen molar-refractivity contribution in [1.82, 2.24) is 25.1 Å². The first-order chi connectivity index (χ1) is 17.9. The summed E-state index contributed by atoms with van der Waals surface area (Å²) < 4.78 is 50.4. The summed E-state index contributed by atoms with van der Waals surface area (Å²) in [4.78, 5) is 31.2. The van der Waals surface area contributed by atoms with Crippen LogP contribution in [0.4, 0.5) is 31.7 Å². The second-order valence-electron chi connectivity index (χ2n) is 8.49. The summed E-state index contributed by atoms with van der Waals surface area (Å²) in [7, 11) is 1.74. The van der Waals surface area contributed by atoms with Gasteiger partial charge >= 0.3 is 6.55 Å². The van der Waals surface area contributed by atoms with E-state index in [2.05, 4.69) is 25.8 Å². The number of nitrogens with one attached hydrogen (secondary N) is 3. The van der Waals surface area contributed by atoms with Crippen LogP contribution in [-0.2, 0) is 11.3 Å². The number of alkyl halides is 2. The Kier molecular flexibility index (Phi) is 4.73. The van der Waals surface area contributed by atoms with Crippen LogP contribution in [0, 0.1) is 12.8 Å². The molecule has 2 aliphatic rings. The van der Waals surface area contributed by atoms with E-state index in [9.17, 15) is 18.4 Å². The second kappa shape index (κ2) is 8.60. The van der Waals surface area contributed by atoms with Crippen molar-refractivity contribution in [2.45, 2.75) is 32.9 Å². The van der Waals surface area contributed by atoms with Crippen LogP contribution >= 0.6 is 0 Å². The highest BCUT2D eigenvalue weighted by Gasteiger charge is 2.32. The van der Waals surface area contributed by atoms with Gasteiger partial charge < -0.3 is 20.9 Å². The maximum atomic E-state index is 13.7. The first kappa shape index (κ1) is 19.2. The van der Waals surface area contributed by atoms with Gasteiger partial charge in [0.15, 0.2) is 11.5 Å². The Morgan fingerprint density at radius 2 is 2.03 bits per heavy atom. The van der Waals surface area contributed by atoms with Gasteiger partial charge in [0, 0.05) is 35.7 Å². The van der Waals surface area contributed by atoms with E-state index in [1.165, 1.54) is 13.0 Å². The summed E-state index contributed by atoms with van der Waals surface area (Å²) >= 11 is 0. The number of carbonyl (C=O) groups excluding carboxylic acids is 2. The van der Waals surface area contributed by atoms with Gasteiger partial charge in [-0.2, -0.15) is 8.78 Å². The van der Waals surface area contributed by atoms with Crippen molar-refractivity contribution in [3.05, 3.63) is 41.5 Å². The van der Waals surface area contributed by atoms with Gasteiger partial charge in [0.2, 0.25) is 5.91 Å². The molecule has 0 bridgehead atoms. The number of amides is 2. The van der Waals surface area contributed by atoms with Gasteiger partial charge in [0.1, 0.15) is 5.82 Å². The monoisotopic (exact) mass is 485 g/mol. The highest BCUT2D eigenvalue weighted by molar-refractivity contribution is 6.01. The molecule has 2 aromatic heterocycles. The molecule has 3 heterocycles. The highest BCUT2D eigenvalue weighted by atomic mass is 19.3. The lowest BCUT2D eigenvalue weighted by Crippen LogP contribution is -2.25. The highest BCUT2D eigenvalue weighted by Crippen LogP contribution is 2.44. The molecular formula is C23H24F2N8O2. The van der Waals surface area contributed by atoms with E-state index in [4.69, 9.17) is 4.11 Å². The first-order valence-corrected chi connectivity index (χ1v) is 10.9. The van der Waals surface area contributed by atoms with E-state index in [1.54, 1.807) is 30.1 Å². The third-order valence-electron chi connectivity index (χ3n) is 6.03. The van der Waals surface area contributed by atoms with E-state index in [-0.39, 0.29) is 41.4 Å². The number of imidazole rings is 1. The van der Waals surface area contributed by atoms with Crippen molar-refractivity contribution in [3.63, 3.8) is 0 Å². The number of para-hydroxylation sites is 1. The normalized spacial score (nSPS) is 16.0. The van der Waals surface area contributed by atoms with E-state index < -0.39 is 19.4 Å². The van der Waals surface area contributed by atoms with Crippen LogP contribution in [0.15, 0.2) is 24.3 Å². The summed E-state index contributed by atoms with van der Waals surface area (Å²) in [6.45, 7) is -3.84. The Morgan fingerprint density at radius 3 is 2.74 bits per heavy atom. The third-order valence-corrected chi connectivity index (χ3v) is 6.03. The number of halogens is 2. The lowest BCUT2D eigenvalue weighted by molar-refractivity contribution is -0.117. The van der Waals surface area contributed by atoms with Crippen molar-refractivity contribution in [2.24, 2.45) is 5.92 Å². The Bertz CT molecular complexity index is 1440. The molecule has 0 saturated heterocycles.